The molecule has 0 bridgehead atoms. The molecule has 0 N–H and O–H groups in total. The standard InChI is InChI=1S/C12H11NO2S/c1-8(14)10-11(16-12(13-10)15-2)9-6-4-3-5-7-9/h3-7H,1-2H3. The number of thiazole rings is 1. The van der Waals surface area contributed by atoms with Gasteiger partial charge in [0.2, 0.25) is 0 Å². The van der Waals surface area contributed by atoms with E-state index >= 15 is 0 Å². The second-order valence-electron chi connectivity index (χ2n) is 3.28. The van der Waals surface area contributed by atoms with Gasteiger partial charge in [-0.2, -0.15) is 4.98 Å². The molecular formula is C12H11NO2S. The van der Waals surface area contributed by atoms with Crippen molar-refractivity contribution >= 4 is 17.1 Å². The van der Waals surface area contributed by atoms with Crippen molar-refractivity contribution in [1.29, 1.82) is 0 Å². The van der Waals surface area contributed by atoms with Gasteiger partial charge in [0.15, 0.2) is 5.78 Å². The van der Waals surface area contributed by atoms with Crippen LogP contribution in [-0.4, -0.2) is 17.9 Å². The number of nitrogens with zero attached hydrogens (tertiary/aromatic N) is 1. The van der Waals surface area contributed by atoms with Crippen LogP contribution in [0.5, 0.6) is 5.19 Å². The highest BCUT2D eigenvalue weighted by Crippen LogP contribution is 2.34. The van der Waals surface area contributed by atoms with Crippen LogP contribution >= 0.6 is 11.3 Å². The molecule has 0 aliphatic carbocycles. The van der Waals surface area contributed by atoms with Gasteiger partial charge < -0.3 is 4.74 Å². The molecule has 0 saturated heterocycles. The Morgan fingerprint density at radius 2 is 2.00 bits per heavy atom. The quantitative estimate of drug-likeness (QED) is 0.765. The number of Topliss-reactive ketones (excluding diaryl/α,β-unsaturated/α-hetero) is 1. The average Bonchev–Trinajstić information content (AvgIpc) is 2.74. The number of ether oxygens (including phenoxy) is 1. The molecule has 2 rings (SSSR count). The fourth-order valence-electron chi connectivity index (χ4n) is 1.41. The van der Waals surface area contributed by atoms with Crippen LogP contribution in [0.3, 0.4) is 0 Å². The number of benzene rings is 1. The summed E-state index contributed by atoms with van der Waals surface area (Å²) >= 11 is 1.39. The number of aromatic nitrogens is 1. The van der Waals surface area contributed by atoms with E-state index in [1.807, 2.05) is 30.3 Å². The third-order valence-corrected chi connectivity index (χ3v) is 3.22. The molecule has 0 atom stereocenters. The summed E-state index contributed by atoms with van der Waals surface area (Å²) in [4.78, 5) is 16.5. The van der Waals surface area contributed by atoms with Crippen molar-refractivity contribution in [3.8, 4) is 15.6 Å². The molecule has 0 amide bonds. The minimum Gasteiger partial charge on any atom is -0.473 e. The van der Waals surface area contributed by atoms with Gasteiger partial charge in [0.25, 0.3) is 5.19 Å². The van der Waals surface area contributed by atoms with Gasteiger partial charge in [-0.3, -0.25) is 4.79 Å². The summed E-state index contributed by atoms with van der Waals surface area (Å²) in [6.45, 7) is 1.51. The van der Waals surface area contributed by atoms with Crippen LogP contribution in [0, 0.1) is 0 Å². The molecule has 16 heavy (non-hydrogen) atoms. The van der Waals surface area contributed by atoms with E-state index in [0.29, 0.717) is 10.9 Å². The third kappa shape index (κ3) is 1.97. The SMILES string of the molecule is COc1nc(C(C)=O)c(-c2ccccc2)s1. The fourth-order valence-corrected chi connectivity index (χ4v) is 2.35. The minimum absolute atomic E-state index is 0.0431. The molecule has 0 saturated carbocycles. The van der Waals surface area contributed by atoms with Gasteiger partial charge in [-0.15, -0.1) is 0 Å². The van der Waals surface area contributed by atoms with E-state index in [2.05, 4.69) is 4.98 Å². The van der Waals surface area contributed by atoms with Crippen molar-refractivity contribution in [1.82, 2.24) is 4.98 Å². The molecule has 0 aliphatic rings. The number of methoxy groups -OCH3 is 1. The molecule has 0 spiro atoms. The number of carbonyl (C=O) groups excluding carboxylic acids is 1. The zero-order chi connectivity index (χ0) is 11.5. The van der Waals surface area contributed by atoms with Gasteiger partial charge in [0.1, 0.15) is 5.69 Å². The van der Waals surface area contributed by atoms with Crippen molar-refractivity contribution in [3.05, 3.63) is 36.0 Å². The van der Waals surface area contributed by atoms with E-state index in [0.717, 1.165) is 10.4 Å². The number of hydrogen-bond donors (Lipinski definition) is 0. The van der Waals surface area contributed by atoms with E-state index < -0.39 is 0 Å². The summed E-state index contributed by atoms with van der Waals surface area (Å²) in [5.74, 6) is -0.0431. The van der Waals surface area contributed by atoms with Crippen LogP contribution in [0.25, 0.3) is 10.4 Å². The predicted octanol–water partition coefficient (Wildman–Crippen LogP) is 3.02. The van der Waals surface area contributed by atoms with E-state index in [9.17, 15) is 4.79 Å². The van der Waals surface area contributed by atoms with Gasteiger partial charge in [-0.1, -0.05) is 41.7 Å². The molecular weight excluding hydrogens is 222 g/mol. The summed E-state index contributed by atoms with van der Waals surface area (Å²) in [5, 5.41) is 0.518. The molecule has 82 valence electrons. The molecule has 0 radical (unpaired) electrons. The van der Waals surface area contributed by atoms with Gasteiger partial charge in [0, 0.05) is 6.92 Å². The molecule has 0 aliphatic heterocycles. The smallest absolute Gasteiger partial charge is 0.274 e. The molecule has 2 aromatic rings. The number of hydrogen-bond acceptors (Lipinski definition) is 4. The van der Waals surface area contributed by atoms with Gasteiger partial charge >= 0.3 is 0 Å². The Morgan fingerprint density at radius 3 is 2.56 bits per heavy atom. The zero-order valence-electron chi connectivity index (χ0n) is 9.06. The Hall–Kier alpha value is -1.68. The summed E-state index contributed by atoms with van der Waals surface area (Å²) in [7, 11) is 1.55. The third-order valence-electron chi connectivity index (χ3n) is 2.15. The van der Waals surface area contributed by atoms with Gasteiger partial charge in [0.05, 0.1) is 12.0 Å². The Kier molecular flexibility index (Phi) is 3.01. The van der Waals surface area contributed by atoms with E-state index in [1.165, 1.54) is 18.3 Å². The first-order valence-corrected chi connectivity index (χ1v) is 5.65. The molecule has 0 fully saturated rings. The lowest BCUT2D eigenvalue weighted by atomic mass is 10.1. The van der Waals surface area contributed by atoms with Crippen LogP contribution in [-0.2, 0) is 0 Å². The minimum atomic E-state index is -0.0431. The first kappa shape index (κ1) is 10.8. The largest absolute Gasteiger partial charge is 0.473 e. The Bertz CT molecular complexity index is 505. The maximum absolute atomic E-state index is 11.5. The monoisotopic (exact) mass is 233 g/mol. The van der Waals surface area contributed by atoms with Crippen molar-refractivity contribution in [2.45, 2.75) is 6.92 Å². The van der Waals surface area contributed by atoms with Crippen LogP contribution < -0.4 is 4.74 Å². The Balaban J connectivity index is 2.55. The summed E-state index contributed by atoms with van der Waals surface area (Å²) in [6.07, 6.45) is 0. The predicted molar refractivity (Wildman–Crippen MR) is 64.1 cm³/mol. The fraction of sp³-hybridized carbons (Fsp3) is 0.167. The van der Waals surface area contributed by atoms with Crippen molar-refractivity contribution in [2.75, 3.05) is 7.11 Å². The second kappa shape index (κ2) is 4.45. The lowest BCUT2D eigenvalue weighted by Crippen LogP contribution is -1.95. The Morgan fingerprint density at radius 1 is 1.31 bits per heavy atom. The van der Waals surface area contributed by atoms with Crippen LogP contribution in [0.2, 0.25) is 0 Å². The van der Waals surface area contributed by atoms with Crippen molar-refractivity contribution < 1.29 is 9.53 Å². The van der Waals surface area contributed by atoms with E-state index in [1.54, 1.807) is 7.11 Å². The van der Waals surface area contributed by atoms with Crippen LogP contribution in [0.4, 0.5) is 0 Å². The van der Waals surface area contributed by atoms with Crippen molar-refractivity contribution in [2.24, 2.45) is 0 Å². The first-order chi connectivity index (χ1) is 7.72. The summed E-state index contributed by atoms with van der Waals surface area (Å²) < 4.78 is 5.06. The van der Waals surface area contributed by atoms with E-state index in [-0.39, 0.29) is 5.78 Å². The highest BCUT2D eigenvalue weighted by atomic mass is 32.1. The van der Waals surface area contributed by atoms with Crippen LogP contribution in [0.1, 0.15) is 17.4 Å². The zero-order valence-corrected chi connectivity index (χ0v) is 9.88. The average molecular weight is 233 g/mol. The maximum Gasteiger partial charge on any atom is 0.274 e. The summed E-state index contributed by atoms with van der Waals surface area (Å²) in [5.41, 5.74) is 1.47. The topological polar surface area (TPSA) is 39.2 Å². The Labute approximate surface area is 97.7 Å². The number of rotatable bonds is 3. The molecule has 4 heteroatoms. The van der Waals surface area contributed by atoms with Crippen LogP contribution in [0.15, 0.2) is 30.3 Å². The molecule has 1 aromatic carbocycles. The second-order valence-corrected chi connectivity index (χ2v) is 4.25. The maximum atomic E-state index is 11.5. The van der Waals surface area contributed by atoms with E-state index in [4.69, 9.17) is 4.74 Å². The van der Waals surface area contributed by atoms with Crippen molar-refractivity contribution in [3.63, 3.8) is 0 Å². The molecule has 0 unspecified atom stereocenters. The lowest BCUT2D eigenvalue weighted by molar-refractivity contribution is 0.101. The highest BCUT2D eigenvalue weighted by molar-refractivity contribution is 7.17. The number of ketones is 1. The summed E-state index contributed by atoms with van der Waals surface area (Å²) in [6, 6.07) is 9.73. The van der Waals surface area contributed by atoms with Gasteiger partial charge in [-0.25, -0.2) is 0 Å². The highest BCUT2D eigenvalue weighted by Gasteiger charge is 2.16. The first-order valence-electron chi connectivity index (χ1n) is 4.83. The lowest BCUT2D eigenvalue weighted by Gasteiger charge is -1.97. The number of carbonyl (C=O) groups is 1. The molecule has 1 aromatic heterocycles. The molecule has 1 heterocycles. The van der Waals surface area contributed by atoms with Gasteiger partial charge in [-0.05, 0) is 5.56 Å². The normalized spacial score (nSPS) is 10.1. The molecule has 3 nitrogen and oxygen atoms in total.